The number of anilines is 1. The highest BCUT2D eigenvalue weighted by atomic mass is 32.1. The minimum atomic E-state index is -0.369. The molecule has 112 valence electrons. The first-order valence-corrected chi connectivity index (χ1v) is 7.33. The normalized spacial score (nSPS) is 9.86. The lowest BCUT2D eigenvalue weighted by Gasteiger charge is -2.05. The molecule has 22 heavy (non-hydrogen) atoms. The van der Waals surface area contributed by atoms with Crippen LogP contribution in [0, 0.1) is 25.2 Å². The van der Waals surface area contributed by atoms with Crippen molar-refractivity contribution < 1.29 is 9.59 Å². The SMILES string of the molecule is Cc1nc(NC(=O)CNC(=O)c2ccc(C#N)cc2)sc1C. The Kier molecular flexibility index (Phi) is 4.86. The second-order valence-corrected chi connectivity index (χ2v) is 5.78. The van der Waals surface area contributed by atoms with E-state index in [4.69, 9.17) is 5.26 Å². The lowest BCUT2D eigenvalue weighted by atomic mass is 10.1. The highest BCUT2D eigenvalue weighted by Gasteiger charge is 2.10. The van der Waals surface area contributed by atoms with Crippen LogP contribution in [0.25, 0.3) is 0 Å². The van der Waals surface area contributed by atoms with Crippen molar-refractivity contribution in [2.24, 2.45) is 0 Å². The Morgan fingerprint density at radius 1 is 1.27 bits per heavy atom. The van der Waals surface area contributed by atoms with Gasteiger partial charge in [-0.2, -0.15) is 5.26 Å². The molecular weight excluding hydrogens is 300 g/mol. The van der Waals surface area contributed by atoms with Gasteiger partial charge in [-0.1, -0.05) is 0 Å². The molecule has 2 N–H and O–H groups in total. The zero-order valence-electron chi connectivity index (χ0n) is 12.1. The van der Waals surface area contributed by atoms with Crippen LogP contribution in [0.4, 0.5) is 5.13 Å². The van der Waals surface area contributed by atoms with E-state index in [1.54, 1.807) is 24.3 Å². The molecule has 0 spiro atoms. The molecule has 2 amide bonds. The molecule has 0 radical (unpaired) electrons. The zero-order chi connectivity index (χ0) is 16.1. The van der Waals surface area contributed by atoms with E-state index in [0.29, 0.717) is 16.3 Å². The van der Waals surface area contributed by atoms with Gasteiger partial charge in [-0.15, -0.1) is 11.3 Å². The van der Waals surface area contributed by atoms with E-state index in [-0.39, 0.29) is 18.4 Å². The maximum atomic E-state index is 11.9. The molecule has 1 heterocycles. The van der Waals surface area contributed by atoms with Crippen molar-refractivity contribution in [3.05, 3.63) is 46.0 Å². The summed E-state index contributed by atoms with van der Waals surface area (Å²) in [4.78, 5) is 28.9. The Morgan fingerprint density at radius 3 is 2.50 bits per heavy atom. The number of carbonyl (C=O) groups excluding carboxylic acids is 2. The molecule has 0 saturated carbocycles. The van der Waals surface area contributed by atoms with Gasteiger partial charge in [-0.3, -0.25) is 9.59 Å². The monoisotopic (exact) mass is 314 g/mol. The van der Waals surface area contributed by atoms with Crippen molar-refractivity contribution in [1.29, 1.82) is 5.26 Å². The summed E-state index contributed by atoms with van der Waals surface area (Å²) in [6.45, 7) is 3.65. The van der Waals surface area contributed by atoms with Crippen LogP contribution >= 0.6 is 11.3 Å². The quantitative estimate of drug-likeness (QED) is 0.902. The summed E-state index contributed by atoms with van der Waals surface area (Å²) < 4.78 is 0. The van der Waals surface area contributed by atoms with Crippen molar-refractivity contribution in [2.45, 2.75) is 13.8 Å². The molecular formula is C15H14N4O2S. The number of nitriles is 1. The Balaban J connectivity index is 1.87. The molecule has 0 aliphatic heterocycles. The third-order valence-corrected chi connectivity index (χ3v) is 3.95. The number of amides is 2. The average Bonchev–Trinajstić information content (AvgIpc) is 2.82. The summed E-state index contributed by atoms with van der Waals surface area (Å²) in [5.74, 6) is -0.707. The summed E-state index contributed by atoms with van der Waals surface area (Å²) in [6, 6.07) is 8.16. The summed E-state index contributed by atoms with van der Waals surface area (Å²) in [7, 11) is 0. The number of rotatable bonds is 4. The fourth-order valence-corrected chi connectivity index (χ4v) is 2.48. The molecule has 2 aromatic rings. The molecule has 2 rings (SSSR count). The minimum Gasteiger partial charge on any atom is -0.343 e. The Hall–Kier alpha value is -2.72. The van der Waals surface area contributed by atoms with Crippen LogP contribution in [-0.4, -0.2) is 23.3 Å². The summed E-state index contributed by atoms with van der Waals surface area (Å²) in [5.41, 5.74) is 1.75. The zero-order valence-corrected chi connectivity index (χ0v) is 13.0. The van der Waals surface area contributed by atoms with Gasteiger partial charge in [0.25, 0.3) is 5.91 Å². The topological polar surface area (TPSA) is 94.9 Å². The lowest BCUT2D eigenvalue weighted by molar-refractivity contribution is -0.115. The number of carbonyl (C=O) groups is 2. The van der Waals surface area contributed by atoms with E-state index in [1.165, 1.54) is 11.3 Å². The van der Waals surface area contributed by atoms with Gasteiger partial charge in [0.2, 0.25) is 5.91 Å². The smallest absolute Gasteiger partial charge is 0.251 e. The third-order valence-electron chi connectivity index (χ3n) is 2.96. The molecule has 0 aliphatic carbocycles. The number of aromatic nitrogens is 1. The number of nitrogens with one attached hydrogen (secondary N) is 2. The summed E-state index contributed by atoms with van der Waals surface area (Å²) in [5, 5.41) is 14.4. The highest BCUT2D eigenvalue weighted by Crippen LogP contribution is 2.20. The van der Waals surface area contributed by atoms with Gasteiger partial charge in [0, 0.05) is 10.4 Å². The van der Waals surface area contributed by atoms with Gasteiger partial charge < -0.3 is 10.6 Å². The van der Waals surface area contributed by atoms with Crippen molar-refractivity contribution in [2.75, 3.05) is 11.9 Å². The van der Waals surface area contributed by atoms with Crippen LogP contribution in [0.1, 0.15) is 26.5 Å². The Bertz CT molecular complexity index is 724. The van der Waals surface area contributed by atoms with Crippen LogP contribution in [0.2, 0.25) is 0 Å². The number of thiazole rings is 1. The molecule has 0 saturated heterocycles. The molecule has 6 nitrogen and oxygen atoms in total. The van der Waals surface area contributed by atoms with Crippen LogP contribution in [0.5, 0.6) is 0 Å². The van der Waals surface area contributed by atoms with E-state index < -0.39 is 0 Å². The molecule has 7 heteroatoms. The number of hydrogen-bond donors (Lipinski definition) is 2. The minimum absolute atomic E-state index is 0.142. The molecule has 1 aromatic heterocycles. The second kappa shape index (κ2) is 6.83. The molecule has 1 aromatic carbocycles. The second-order valence-electron chi connectivity index (χ2n) is 4.58. The Morgan fingerprint density at radius 2 is 1.95 bits per heavy atom. The van der Waals surface area contributed by atoms with Gasteiger partial charge in [-0.25, -0.2) is 4.98 Å². The summed E-state index contributed by atoms with van der Waals surface area (Å²) in [6.07, 6.45) is 0. The molecule has 0 unspecified atom stereocenters. The third kappa shape index (κ3) is 3.90. The first-order chi connectivity index (χ1) is 10.5. The van der Waals surface area contributed by atoms with E-state index in [9.17, 15) is 9.59 Å². The van der Waals surface area contributed by atoms with E-state index in [0.717, 1.165) is 10.6 Å². The van der Waals surface area contributed by atoms with Crippen molar-refractivity contribution in [1.82, 2.24) is 10.3 Å². The predicted octanol–water partition coefficient (Wildman–Crippen LogP) is 2.00. The maximum Gasteiger partial charge on any atom is 0.251 e. The van der Waals surface area contributed by atoms with Gasteiger partial charge in [-0.05, 0) is 38.1 Å². The molecule has 0 aliphatic rings. The highest BCUT2D eigenvalue weighted by molar-refractivity contribution is 7.15. The van der Waals surface area contributed by atoms with Crippen LogP contribution in [0.3, 0.4) is 0 Å². The van der Waals surface area contributed by atoms with Crippen LogP contribution in [0.15, 0.2) is 24.3 Å². The predicted molar refractivity (Wildman–Crippen MR) is 83.7 cm³/mol. The van der Waals surface area contributed by atoms with Crippen molar-refractivity contribution >= 4 is 28.3 Å². The fraction of sp³-hybridized carbons (Fsp3) is 0.200. The summed E-state index contributed by atoms with van der Waals surface area (Å²) >= 11 is 1.39. The number of nitrogens with zero attached hydrogens (tertiary/aromatic N) is 2. The first kappa shape index (κ1) is 15.7. The van der Waals surface area contributed by atoms with Crippen LogP contribution < -0.4 is 10.6 Å². The van der Waals surface area contributed by atoms with Crippen molar-refractivity contribution in [3.8, 4) is 6.07 Å². The van der Waals surface area contributed by atoms with E-state index >= 15 is 0 Å². The fourth-order valence-electron chi connectivity index (χ4n) is 1.65. The van der Waals surface area contributed by atoms with Crippen LogP contribution in [-0.2, 0) is 4.79 Å². The molecule has 0 atom stereocenters. The lowest BCUT2D eigenvalue weighted by Crippen LogP contribution is -2.32. The standard InChI is InChI=1S/C15H14N4O2S/c1-9-10(2)22-15(18-9)19-13(20)8-17-14(21)12-5-3-11(7-16)4-6-12/h3-6H,8H2,1-2H3,(H,17,21)(H,18,19,20). The van der Waals surface area contributed by atoms with Gasteiger partial charge in [0.15, 0.2) is 5.13 Å². The number of benzene rings is 1. The number of aryl methyl sites for hydroxylation is 2. The Labute approximate surface area is 131 Å². The van der Waals surface area contributed by atoms with Crippen molar-refractivity contribution in [3.63, 3.8) is 0 Å². The number of hydrogen-bond acceptors (Lipinski definition) is 5. The average molecular weight is 314 g/mol. The van der Waals surface area contributed by atoms with Gasteiger partial charge >= 0.3 is 0 Å². The largest absolute Gasteiger partial charge is 0.343 e. The first-order valence-electron chi connectivity index (χ1n) is 6.52. The maximum absolute atomic E-state index is 11.9. The van der Waals surface area contributed by atoms with E-state index in [1.807, 2.05) is 19.9 Å². The molecule has 0 fully saturated rings. The van der Waals surface area contributed by atoms with Gasteiger partial charge in [0.05, 0.1) is 23.9 Å². The molecule has 0 bridgehead atoms. The van der Waals surface area contributed by atoms with E-state index in [2.05, 4.69) is 15.6 Å². The van der Waals surface area contributed by atoms with Gasteiger partial charge in [0.1, 0.15) is 0 Å².